The molecule has 0 bridgehead atoms. The van der Waals surface area contributed by atoms with Gasteiger partial charge in [-0.3, -0.25) is 84.4 Å². The van der Waals surface area contributed by atoms with Crippen molar-refractivity contribution in [1.82, 2.24) is 42.5 Å². The van der Waals surface area contributed by atoms with Crippen LogP contribution in [0.3, 0.4) is 0 Å². The van der Waals surface area contributed by atoms with Crippen LogP contribution in [0.5, 0.6) is 0 Å². The van der Waals surface area contributed by atoms with E-state index in [1.165, 1.54) is 0 Å². The van der Waals surface area contributed by atoms with E-state index < -0.39 is 28.9 Å². The number of hydrogen-bond acceptors (Lipinski definition) is 24. The zero-order chi connectivity index (χ0) is 81.0. The lowest BCUT2D eigenvalue weighted by Gasteiger charge is -2.29. The van der Waals surface area contributed by atoms with Gasteiger partial charge in [0.1, 0.15) is 23.1 Å². The molecule has 1 heterocycles. The van der Waals surface area contributed by atoms with E-state index in [2.05, 4.69) is 88.9 Å². The number of hydrogen-bond donors (Lipinski definition) is 20. The number of thioether (sulfide) groups is 4. The molecule has 0 aromatic carbocycles. The molecule has 37 heteroatoms. The number of Topliss-reactive ketones (excluding diaryl/α,β-unsaturated/α-hetero) is 4. The predicted octanol–water partition coefficient (Wildman–Crippen LogP) is 1.01. The first kappa shape index (κ1) is 108. The zero-order valence-electron chi connectivity index (χ0n) is 65.6. The number of guanidine groups is 4. The van der Waals surface area contributed by atoms with Crippen LogP contribution in [-0.4, -0.2) is 226 Å². The highest BCUT2D eigenvalue weighted by Gasteiger charge is 2.36. The van der Waals surface area contributed by atoms with Crippen molar-refractivity contribution in [3.05, 3.63) is 0 Å². The highest BCUT2D eigenvalue weighted by atomic mass is 32.2. The summed E-state index contributed by atoms with van der Waals surface area (Å²) in [5.41, 5.74) is 56.7. The fourth-order valence-electron chi connectivity index (χ4n) is 9.61. The molecule has 33 nitrogen and oxygen atoms in total. The summed E-state index contributed by atoms with van der Waals surface area (Å²) >= 11 is 6.90. The van der Waals surface area contributed by atoms with Crippen LogP contribution >= 0.6 is 47.0 Å². The second-order valence-corrected chi connectivity index (χ2v) is 29.0. The van der Waals surface area contributed by atoms with Crippen LogP contribution in [0.15, 0.2) is 20.0 Å². The summed E-state index contributed by atoms with van der Waals surface area (Å²) in [6, 6.07) is -1.45. The summed E-state index contributed by atoms with van der Waals surface area (Å²) in [5, 5.41) is 32.3. The van der Waals surface area contributed by atoms with Crippen LogP contribution in [-0.2, 0) is 43.2 Å². The SMILES string of the molecule is CC.CC.CSCCC(C)(CCC(=O)C(CCCN=C(N)N)NCNC(=O)CN)C(=O)O.CSCCC(C)CCC(=O)C(CCCN=C(N)N)NCN.CSCCC(C)CCC(=O)C(CCCN=C(N)N)NCNC(=O)CN.CSCCC1(C)CCC(=O)C(CCCN=C(N)N)NCNC(=O)CNC1=O. The molecule has 0 aromatic rings. The van der Waals surface area contributed by atoms with Crippen LogP contribution in [0.1, 0.15) is 184 Å². The van der Waals surface area contributed by atoms with E-state index in [1.807, 2.05) is 70.7 Å². The van der Waals surface area contributed by atoms with Crippen LogP contribution in [0.2, 0.25) is 0 Å². The van der Waals surface area contributed by atoms with Gasteiger partial charge in [-0.15, -0.1) is 0 Å². The lowest BCUT2D eigenvalue weighted by molar-refractivity contribution is -0.148. The van der Waals surface area contributed by atoms with Crippen molar-refractivity contribution in [3.63, 3.8) is 0 Å². The number of carbonyl (C=O) groups is 9. The Morgan fingerprint density at radius 2 is 0.962 bits per heavy atom. The Balaban J connectivity index is -0.000000418. The molecule has 0 spiro atoms. The van der Waals surface area contributed by atoms with E-state index in [-0.39, 0.29) is 135 Å². The van der Waals surface area contributed by atoms with Gasteiger partial charge in [0, 0.05) is 63.9 Å². The van der Waals surface area contributed by atoms with E-state index in [0.717, 1.165) is 49.4 Å². The average Bonchev–Trinajstić information content (AvgIpc) is 0.860. The number of carboxylic acids is 1. The number of ketones is 4. The molecule has 0 saturated carbocycles. The fourth-order valence-corrected chi connectivity index (χ4v) is 12.2. The van der Waals surface area contributed by atoms with Crippen LogP contribution in [0, 0.1) is 22.7 Å². The summed E-state index contributed by atoms with van der Waals surface area (Å²) in [5.74, 6) is 3.37. The highest BCUT2D eigenvalue weighted by Crippen LogP contribution is 2.31. The van der Waals surface area contributed by atoms with Gasteiger partial charge in [-0.25, -0.2) is 0 Å². The van der Waals surface area contributed by atoms with Crippen molar-refractivity contribution >= 4 is 124 Å². The minimum Gasteiger partial charge on any atom is -0.481 e. The molecule has 105 heavy (non-hydrogen) atoms. The van der Waals surface area contributed by atoms with Gasteiger partial charge in [-0.1, -0.05) is 48.5 Å². The van der Waals surface area contributed by atoms with E-state index in [0.29, 0.717) is 134 Å². The molecule has 0 radical (unpaired) electrons. The van der Waals surface area contributed by atoms with Crippen molar-refractivity contribution in [3.8, 4) is 0 Å². The standard InChI is InChI=1S/C17H34N6O4S.C17H32N6O3S.C16H34N6O2S.C14H31N5OS.2C2H6/c1-17(15(26)27,7-9-28-2)6-5-13(24)12(4-3-8-21-16(19)20)22-11-23-14(25)10-18;1-17(7-9-27-2)6-5-13(24)12(4-3-8-20-16(18)19)22-11-23-14(25)10-21-15(17)26;1-12(7-9-25-2)5-6-14(23)13(4-3-8-20-16(18)19)21-11-22-15(24)10-17;1-11(7-9-21-2)5-6-13(20)12(19-10-15)4-3-8-18-14(16)17;2*1-2/h12,22H,3-11,18H2,1-2H3,(H,23,25)(H,26,27)(H4,19,20,21);12,22H,3-11H2,1-2H3,(H,21,26)(H,23,25)(H4,18,19,20);12-13,21H,3-11,17H2,1-2H3,(H,22,24)(H4,18,19,20);11-12,19H,3-10,15H2,1-2H3,(H4,16,17,18);2*1-2H3. The van der Waals surface area contributed by atoms with E-state index in [4.69, 9.17) is 63.1 Å². The highest BCUT2D eigenvalue weighted by molar-refractivity contribution is 7.99. The quantitative estimate of drug-likeness (QED) is 0.0175. The van der Waals surface area contributed by atoms with E-state index in [1.54, 1.807) is 30.4 Å². The molecule has 0 aliphatic carbocycles. The molecule has 31 N–H and O–H groups in total. The molecular formula is C68H143N23O10S4. The molecule has 4 amide bonds. The molecule has 1 fully saturated rings. The van der Waals surface area contributed by atoms with Gasteiger partial charge in [-0.05, 0) is 170 Å². The van der Waals surface area contributed by atoms with Gasteiger partial charge in [-0.2, -0.15) is 47.0 Å². The third-order valence-electron chi connectivity index (χ3n) is 16.4. The van der Waals surface area contributed by atoms with E-state index in [9.17, 15) is 48.3 Å². The predicted molar refractivity (Wildman–Crippen MR) is 440 cm³/mol. The maximum Gasteiger partial charge on any atom is 0.309 e. The summed E-state index contributed by atoms with van der Waals surface area (Å²) in [6.07, 6.45) is 20.6. The summed E-state index contributed by atoms with van der Waals surface area (Å²) in [7, 11) is 0. The Morgan fingerprint density at radius 3 is 1.34 bits per heavy atom. The molecule has 8 atom stereocenters. The summed E-state index contributed by atoms with van der Waals surface area (Å²) in [4.78, 5) is 124. The maximum absolute atomic E-state index is 12.7. The minimum absolute atomic E-state index is 0.0166. The largest absolute Gasteiger partial charge is 0.481 e. The fraction of sp³-hybridized carbons (Fsp3) is 0.809. The molecule has 8 unspecified atom stereocenters. The Kier molecular flexibility index (Phi) is 73.1. The minimum atomic E-state index is -0.949. The molecule has 614 valence electrons. The smallest absolute Gasteiger partial charge is 0.309 e. The Morgan fingerprint density at radius 1 is 0.562 bits per heavy atom. The monoisotopic (exact) mass is 1570 g/mol. The lowest BCUT2D eigenvalue weighted by atomic mass is 9.80. The molecule has 1 aliphatic rings. The van der Waals surface area contributed by atoms with Crippen molar-refractivity contribution in [2.75, 3.05) is 121 Å². The second-order valence-electron chi connectivity index (χ2n) is 25.1. The first-order valence-corrected chi connectivity index (χ1v) is 42.1. The number of aliphatic carboxylic acids is 1. The third-order valence-corrected chi connectivity index (χ3v) is 18.9. The second kappa shape index (κ2) is 71.2. The molecular weight excluding hydrogens is 1430 g/mol. The van der Waals surface area contributed by atoms with Gasteiger partial charge in [0.15, 0.2) is 23.8 Å². The van der Waals surface area contributed by atoms with Crippen molar-refractivity contribution in [2.45, 2.75) is 208 Å². The summed E-state index contributed by atoms with van der Waals surface area (Å²) < 4.78 is 0. The van der Waals surface area contributed by atoms with Gasteiger partial charge in [0.05, 0.1) is 69.2 Å². The number of nitrogens with one attached hydrogen (secondary N) is 8. The Labute approximate surface area is 645 Å². The van der Waals surface area contributed by atoms with Crippen LogP contribution in [0.4, 0.5) is 0 Å². The van der Waals surface area contributed by atoms with Crippen molar-refractivity contribution in [1.29, 1.82) is 0 Å². The normalized spacial score (nSPS) is 16.1. The van der Waals surface area contributed by atoms with Gasteiger partial charge in [0.25, 0.3) is 0 Å². The van der Waals surface area contributed by atoms with Gasteiger partial charge in [0.2, 0.25) is 23.6 Å². The number of nitrogens with zero attached hydrogens (tertiary/aromatic N) is 4. The number of carboxylic acid groups (broad SMARTS) is 1. The average molecular weight is 1570 g/mol. The number of nitrogens with two attached hydrogens (primary N) is 11. The first-order chi connectivity index (χ1) is 49.8. The number of carbonyl (C=O) groups excluding carboxylic acids is 8. The maximum atomic E-state index is 12.7. The van der Waals surface area contributed by atoms with E-state index >= 15 is 0 Å². The lowest BCUT2D eigenvalue weighted by Crippen LogP contribution is -2.49. The van der Waals surface area contributed by atoms with Crippen molar-refractivity contribution < 1.29 is 48.3 Å². The third kappa shape index (κ3) is 62.9. The Hall–Kier alpha value is -5.77. The topological polar surface area (TPSA) is 606 Å². The zero-order valence-corrected chi connectivity index (χ0v) is 68.9. The molecule has 0 aromatic heterocycles. The van der Waals surface area contributed by atoms with Crippen LogP contribution < -0.4 is 106 Å². The molecule has 1 aliphatic heterocycles. The summed E-state index contributed by atoms with van der Waals surface area (Å²) in [6.45, 7) is 18.2. The number of amides is 4. The number of aliphatic imine (C=N–C) groups is 4. The Bertz CT molecular complexity index is 2470. The van der Waals surface area contributed by atoms with Gasteiger partial charge < -0.3 is 89.4 Å². The molecule has 1 rings (SSSR count). The van der Waals surface area contributed by atoms with Crippen LogP contribution in [0.25, 0.3) is 0 Å². The van der Waals surface area contributed by atoms with Gasteiger partial charge >= 0.3 is 5.97 Å². The van der Waals surface area contributed by atoms with Crippen molar-refractivity contribution in [2.24, 2.45) is 106 Å². The molecule has 1 saturated heterocycles. The number of rotatable bonds is 51. The first-order valence-electron chi connectivity index (χ1n) is 36.5.